The smallest absolute Gasteiger partial charge is 0.338 e. The van der Waals surface area contributed by atoms with Crippen molar-refractivity contribution in [3.8, 4) is 0 Å². The van der Waals surface area contributed by atoms with Crippen LogP contribution in [0.1, 0.15) is 27.9 Å². The van der Waals surface area contributed by atoms with Gasteiger partial charge in [0.25, 0.3) is 0 Å². The standard InChI is InChI=1S/C12H14BrClO2/c1-16-12(15)11-5-4-9(8-14)7-10(11)3-2-6-13/h4-5,7H,2-3,6,8H2,1H3. The molecule has 2 nitrogen and oxygen atoms in total. The van der Waals surface area contributed by atoms with Crippen LogP contribution < -0.4 is 0 Å². The lowest BCUT2D eigenvalue weighted by molar-refractivity contribution is 0.0599. The van der Waals surface area contributed by atoms with Crippen molar-refractivity contribution in [3.63, 3.8) is 0 Å². The molecule has 0 N–H and O–H groups in total. The molecular formula is C12H14BrClO2. The second-order valence-corrected chi connectivity index (χ2v) is 4.47. The Morgan fingerprint density at radius 3 is 2.81 bits per heavy atom. The van der Waals surface area contributed by atoms with Crippen LogP contribution in [0.5, 0.6) is 0 Å². The van der Waals surface area contributed by atoms with Crippen molar-refractivity contribution in [1.82, 2.24) is 0 Å². The van der Waals surface area contributed by atoms with E-state index in [9.17, 15) is 4.79 Å². The lowest BCUT2D eigenvalue weighted by atomic mass is 10.0. The van der Waals surface area contributed by atoms with Gasteiger partial charge in [-0.3, -0.25) is 0 Å². The maximum atomic E-state index is 11.5. The second-order valence-electron chi connectivity index (χ2n) is 3.41. The summed E-state index contributed by atoms with van der Waals surface area (Å²) in [7, 11) is 1.39. The number of hydrogen-bond acceptors (Lipinski definition) is 2. The second kappa shape index (κ2) is 6.92. The first-order valence-electron chi connectivity index (χ1n) is 5.05. The molecule has 0 radical (unpaired) electrons. The number of methoxy groups -OCH3 is 1. The van der Waals surface area contributed by atoms with Crippen LogP contribution >= 0.6 is 27.5 Å². The molecule has 0 unspecified atom stereocenters. The molecule has 88 valence electrons. The molecule has 0 saturated heterocycles. The summed E-state index contributed by atoms with van der Waals surface area (Å²) in [6.45, 7) is 0. The van der Waals surface area contributed by atoms with E-state index in [0.717, 1.165) is 29.3 Å². The number of aryl methyl sites for hydroxylation is 1. The van der Waals surface area contributed by atoms with E-state index in [1.807, 2.05) is 12.1 Å². The zero-order valence-corrected chi connectivity index (χ0v) is 11.5. The van der Waals surface area contributed by atoms with Crippen LogP contribution in [0.15, 0.2) is 18.2 Å². The quantitative estimate of drug-likeness (QED) is 0.614. The van der Waals surface area contributed by atoms with Gasteiger partial charge in [-0.15, -0.1) is 11.6 Å². The normalized spacial score (nSPS) is 10.2. The summed E-state index contributed by atoms with van der Waals surface area (Å²) in [6, 6.07) is 5.62. The van der Waals surface area contributed by atoms with Crippen molar-refractivity contribution >= 4 is 33.5 Å². The largest absolute Gasteiger partial charge is 0.465 e. The first-order valence-corrected chi connectivity index (χ1v) is 6.70. The summed E-state index contributed by atoms with van der Waals surface area (Å²) in [4.78, 5) is 11.5. The summed E-state index contributed by atoms with van der Waals surface area (Å²) in [6.07, 6.45) is 1.83. The molecule has 0 aliphatic carbocycles. The summed E-state index contributed by atoms with van der Waals surface area (Å²) in [5, 5.41) is 0.915. The molecule has 0 aliphatic rings. The van der Waals surface area contributed by atoms with Crippen molar-refractivity contribution in [2.75, 3.05) is 12.4 Å². The minimum atomic E-state index is -0.286. The number of benzene rings is 1. The van der Waals surface area contributed by atoms with Crippen molar-refractivity contribution in [1.29, 1.82) is 0 Å². The summed E-state index contributed by atoms with van der Waals surface area (Å²) < 4.78 is 4.75. The summed E-state index contributed by atoms with van der Waals surface area (Å²) >= 11 is 9.15. The van der Waals surface area contributed by atoms with E-state index < -0.39 is 0 Å². The number of ether oxygens (including phenoxy) is 1. The van der Waals surface area contributed by atoms with E-state index in [1.165, 1.54) is 7.11 Å². The molecule has 4 heteroatoms. The third kappa shape index (κ3) is 3.49. The molecular weight excluding hydrogens is 291 g/mol. The molecule has 0 amide bonds. The number of carbonyl (C=O) groups excluding carboxylic acids is 1. The van der Waals surface area contributed by atoms with Gasteiger partial charge < -0.3 is 4.74 Å². The molecule has 0 fully saturated rings. The predicted octanol–water partition coefficient (Wildman–Crippen LogP) is 3.54. The van der Waals surface area contributed by atoms with E-state index in [1.54, 1.807) is 6.07 Å². The number of rotatable bonds is 5. The maximum Gasteiger partial charge on any atom is 0.338 e. The van der Waals surface area contributed by atoms with Gasteiger partial charge in [0, 0.05) is 11.2 Å². The highest BCUT2D eigenvalue weighted by molar-refractivity contribution is 9.09. The van der Waals surface area contributed by atoms with Gasteiger partial charge in [-0.1, -0.05) is 28.1 Å². The van der Waals surface area contributed by atoms with Gasteiger partial charge in [-0.25, -0.2) is 4.79 Å². The fourth-order valence-electron chi connectivity index (χ4n) is 1.50. The Morgan fingerprint density at radius 1 is 1.50 bits per heavy atom. The molecule has 16 heavy (non-hydrogen) atoms. The number of hydrogen-bond donors (Lipinski definition) is 0. The summed E-state index contributed by atoms with van der Waals surface area (Å²) in [5.41, 5.74) is 2.67. The van der Waals surface area contributed by atoms with Crippen molar-refractivity contribution in [2.24, 2.45) is 0 Å². The fourth-order valence-corrected chi connectivity index (χ4v) is 1.95. The molecule has 1 aromatic rings. The van der Waals surface area contributed by atoms with Crippen LogP contribution in [0.2, 0.25) is 0 Å². The Bertz CT molecular complexity index is 366. The fraction of sp³-hybridized carbons (Fsp3) is 0.417. The molecule has 0 spiro atoms. The van der Waals surface area contributed by atoms with Crippen LogP contribution in [0, 0.1) is 0 Å². The molecule has 0 atom stereocenters. The predicted molar refractivity (Wildman–Crippen MR) is 69.5 cm³/mol. The van der Waals surface area contributed by atoms with E-state index in [2.05, 4.69) is 15.9 Å². The van der Waals surface area contributed by atoms with E-state index >= 15 is 0 Å². The van der Waals surface area contributed by atoms with Crippen molar-refractivity contribution in [2.45, 2.75) is 18.7 Å². The Labute approximate surface area is 109 Å². The lowest BCUT2D eigenvalue weighted by Gasteiger charge is -2.08. The average molecular weight is 306 g/mol. The molecule has 0 aliphatic heterocycles. The first kappa shape index (κ1) is 13.5. The van der Waals surface area contributed by atoms with Crippen LogP contribution in [-0.4, -0.2) is 18.4 Å². The van der Waals surface area contributed by atoms with E-state index in [-0.39, 0.29) is 5.97 Å². The average Bonchev–Trinajstić information content (AvgIpc) is 2.34. The number of alkyl halides is 2. The Hall–Kier alpha value is -0.540. The van der Waals surface area contributed by atoms with Gasteiger partial charge in [0.05, 0.1) is 12.7 Å². The molecule has 0 saturated carbocycles. The highest BCUT2D eigenvalue weighted by Crippen LogP contribution is 2.17. The topological polar surface area (TPSA) is 26.3 Å². The maximum absolute atomic E-state index is 11.5. The highest BCUT2D eigenvalue weighted by atomic mass is 79.9. The minimum Gasteiger partial charge on any atom is -0.465 e. The molecule has 1 aromatic carbocycles. The third-order valence-electron chi connectivity index (χ3n) is 2.31. The molecule has 0 heterocycles. The SMILES string of the molecule is COC(=O)c1ccc(CCl)cc1CCCBr. The van der Waals surface area contributed by atoms with E-state index in [0.29, 0.717) is 11.4 Å². The number of esters is 1. The Morgan fingerprint density at radius 2 is 2.25 bits per heavy atom. The first-order chi connectivity index (χ1) is 7.72. The minimum absolute atomic E-state index is 0.286. The number of halogens is 2. The highest BCUT2D eigenvalue weighted by Gasteiger charge is 2.11. The van der Waals surface area contributed by atoms with Crippen LogP contribution in [-0.2, 0) is 17.0 Å². The monoisotopic (exact) mass is 304 g/mol. The number of carbonyl (C=O) groups is 1. The van der Waals surface area contributed by atoms with Crippen LogP contribution in [0.4, 0.5) is 0 Å². The molecule has 1 rings (SSSR count). The Kier molecular flexibility index (Phi) is 5.85. The lowest BCUT2D eigenvalue weighted by Crippen LogP contribution is -2.06. The Balaban J connectivity index is 3.00. The van der Waals surface area contributed by atoms with Gasteiger partial charge in [-0.2, -0.15) is 0 Å². The van der Waals surface area contributed by atoms with Gasteiger partial charge >= 0.3 is 5.97 Å². The van der Waals surface area contributed by atoms with E-state index in [4.69, 9.17) is 16.3 Å². The van der Waals surface area contributed by atoms with Crippen LogP contribution in [0.3, 0.4) is 0 Å². The third-order valence-corrected chi connectivity index (χ3v) is 3.18. The van der Waals surface area contributed by atoms with Gasteiger partial charge in [0.2, 0.25) is 0 Å². The van der Waals surface area contributed by atoms with Gasteiger partial charge in [0.15, 0.2) is 0 Å². The zero-order chi connectivity index (χ0) is 12.0. The van der Waals surface area contributed by atoms with Gasteiger partial charge in [0.1, 0.15) is 0 Å². The zero-order valence-electron chi connectivity index (χ0n) is 9.13. The summed E-state index contributed by atoms with van der Waals surface area (Å²) in [5.74, 6) is 0.175. The van der Waals surface area contributed by atoms with Crippen molar-refractivity contribution in [3.05, 3.63) is 34.9 Å². The van der Waals surface area contributed by atoms with Crippen molar-refractivity contribution < 1.29 is 9.53 Å². The molecule has 0 aromatic heterocycles. The molecule has 0 bridgehead atoms. The van der Waals surface area contributed by atoms with Crippen LogP contribution in [0.25, 0.3) is 0 Å². The van der Waals surface area contributed by atoms with Gasteiger partial charge in [-0.05, 0) is 30.0 Å².